The largest absolute Gasteiger partial charge is 0.389 e. The van der Waals surface area contributed by atoms with Gasteiger partial charge in [0.1, 0.15) is 0 Å². The molecule has 0 aromatic heterocycles. The van der Waals surface area contributed by atoms with E-state index in [2.05, 4.69) is 39.9 Å². The van der Waals surface area contributed by atoms with Crippen LogP contribution in [-0.4, -0.2) is 35.2 Å². The molecule has 0 amide bonds. The van der Waals surface area contributed by atoms with Crippen LogP contribution in [0.3, 0.4) is 0 Å². The molecule has 3 N–H and O–H groups in total. The summed E-state index contributed by atoms with van der Waals surface area (Å²) in [5, 5.41) is 10.0. The van der Waals surface area contributed by atoms with E-state index in [1.54, 1.807) is 0 Å². The Morgan fingerprint density at radius 2 is 2.05 bits per heavy atom. The normalized spacial score (nSPS) is 15.6. The highest BCUT2D eigenvalue weighted by Crippen LogP contribution is 2.27. The predicted molar refractivity (Wildman–Crippen MR) is 84.1 cm³/mol. The van der Waals surface area contributed by atoms with Gasteiger partial charge in [-0.1, -0.05) is 35.0 Å². The first-order valence-corrected chi connectivity index (χ1v) is 7.47. The molecule has 0 bridgehead atoms. The average molecular weight is 329 g/mol. The average Bonchev–Trinajstić information content (AvgIpc) is 2.26. The van der Waals surface area contributed by atoms with E-state index in [1.807, 2.05) is 33.0 Å². The smallest absolute Gasteiger partial charge is 0.0718 e. The van der Waals surface area contributed by atoms with Gasteiger partial charge in [-0.05, 0) is 45.0 Å². The van der Waals surface area contributed by atoms with Crippen molar-refractivity contribution < 1.29 is 5.11 Å². The fraction of sp³-hybridized carbons (Fsp3) is 0.600. The molecule has 0 aliphatic carbocycles. The van der Waals surface area contributed by atoms with Crippen molar-refractivity contribution in [2.45, 2.75) is 44.9 Å². The van der Waals surface area contributed by atoms with Crippen LogP contribution >= 0.6 is 15.9 Å². The highest BCUT2D eigenvalue weighted by atomic mass is 79.9. The van der Waals surface area contributed by atoms with Crippen LogP contribution in [-0.2, 0) is 0 Å². The zero-order valence-electron chi connectivity index (χ0n) is 12.2. The van der Waals surface area contributed by atoms with E-state index in [0.717, 1.165) is 10.9 Å². The third-order valence-corrected chi connectivity index (χ3v) is 3.67. The summed E-state index contributed by atoms with van der Waals surface area (Å²) in [7, 11) is 2.01. The molecular weight excluding hydrogens is 304 g/mol. The molecule has 4 heteroatoms. The Morgan fingerprint density at radius 1 is 1.42 bits per heavy atom. The van der Waals surface area contributed by atoms with Gasteiger partial charge < -0.3 is 10.8 Å². The van der Waals surface area contributed by atoms with Crippen LogP contribution in [0.1, 0.15) is 38.8 Å². The number of nitrogens with two attached hydrogens (primary N) is 1. The maximum Gasteiger partial charge on any atom is 0.0718 e. The topological polar surface area (TPSA) is 49.5 Å². The van der Waals surface area contributed by atoms with Gasteiger partial charge in [-0.3, -0.25) is 4.90 Å². The SMILES string of the molecule is CCC(N)C(c1cccc(Br)c1)N(C)CC(C)(C)O. The number of rotatable bonds is 6. The number of aliphatic hydroxyl groups is 1. The summed E-state index contributed by atoms with van der Waals surface area (Å²) >= 11 is 3.50. The van der Waals surface area contributed by atoms with Crippen molar-refractivity contribution >= 4 is 15.9 Å². The van der Waals surface area contributed by atoms with E-state index in [1.165, 1.54) is 5.56 Å². The highest BCUT2D eigenvalue weighted by molar-refractivity contribution is 9.10. The molecule has 3 nitrogen and oxygen atoms in total. The molecule has 0 aliphatic rings. The standard InChI is InChI=1S/C15H25BrN2O/c1-5-13(17)14(18(4)10-15(2,3)19)11-7-6-8-12(16)9-11/h6-9,13-14,19H,5,10,17H2,1-4H3. The molecule has 108 valence electrons. The zero-order chi connectivity index (χ0) is 14.6. The van der Waals surface area contributed by atoms with Gasteiger partial charge >= 0.3 is 0 Å². The molecule has 0 radical (unpaired) electrons. The lowest BCUT2D eigenvalue weighted by atomic mass is 9.95. The molecule has 1 aromatic carbocycles. The minimum atomic E-state index is -0.730. The van der Waals surface area contributed by atoms with Gasteiger partial charge in [0.2, 0.25) is 0 Å². The van der Waals surface area contributed by atoms with Crippen molar-refractivity contribution in [3.8, 4) is 0 Å². The van der Waals surface area contributed by atoms with Gasteiger partial charge in [-0.25, -0.2) is 0 Å². The van der Waals surface area contributed by atoms with Crippen LogP contribution in [0, 0.1) is 0 Å². The number of halogens is 1. The Morgan fingerprint density at radius 3 is 2.53 bits per heavy atom. The third kappa shape index (κ3) is 5.22. The summed E-state index contributed by atoms with van der Waals surface area (Å²) in [5.74, 6) is 0. The monoisotopic (exact) mass is 328 g/mol. The number of benzene rings is 1. The minimum Gasteiger partial charge on any atom is -0.389 e. The molecule has 0 saturated heterocycles. The molecule has 0 saturated carbocycles. The number of nitrogens with zero attached hydrogens (tertiary/aromatic N) is 1. The number of likely N-dealkylation sites (N-methyl/N-ethyl adjacent to an activating group) is 1. The third-order valence-electron chi connectivity index (χ3n) is 3.18. The Kier molecular flexibility index (Phi) is 5.99. The molecule has 0 fully saturated rings. The summed E-state index contributed by atoms with van der Waals surface area (Å²) in [4.78, 5) is 2.13. The maximum atomic E-state index is 10.0. The summed E-state index contributed by atoms with van der Waals surface area (Å²) < 4.78 is 1.05. The van der Waals surface area contributed by atoms with E-state index in [9.17, 15) is 5.11 Å². The van der Waals surface area contributed by atoms with Gasteiger partial charge in [0.05, 0.1) is 5.60 Å². The molecule has 0 aliphatic heterocycles. The van der Waals surface area contributed by atoms with Crippen LogP contribution < -0.4 is 5.73 Å². The lowest BCUT2D eigenvalue weighted by Gasteiger charge is -2.36. The first kappa shape index (κ1) is 16.6. The van der Waals surface area contributed by atoms with Crippen molar-refractivity contribution in [2.75, 3.05) is 13.6 Å². The van der Waals surface area contributed by atoms with E-state index < -0.39 is 5.60 Å². The number of hydrogen-bond acceptors (Lipinski definition) is 3. The second-order valence-corrected chi connectivity index (χ2v) is 6.72. The first-order chi connectivity index (χ1) is 8.74. The Bertz CT molecular complexity index is 403. The van der Waals surface area contributed by atoms with Crippen molar-refractivity contribution in [3.63, 3.8) is 0 Å². The first-order valence-electron chi connectivity index (χ1n) is 6.68. The van der Waals surface area contributed by atoms with Gasteiger partial charge in [0.25, 0.3) is 0 Å². The van der Waals surface area contributed by atoms with Crippen molar-refractivity contribution in [1.82, 2.24) is 4.90 Å². The van der Waals surface area contributed by atoms with Crippen LogP contribution in [0.2, 0.25) is 0 Å². The van der Waals surface area contributed by atoms with Crippen molar-refractivity contribution in [3.05, 3.63) is 34.3 Å². The van der Waals surface area contributed by atoms with Gasteiger partial charge in [-0.2, -0.15) is 0 Å². The fourth-order valence-electron chi connectivity index (χ4n) is 2.45. The molecule has 2 atom stereocenters. The van der Waals surface area contributed by atoms with Gasteiger partial charge in [0.15, 0.2) is 0 Å². The highest BCUT2D eigenvalue weighted by Gasteiger charge is 2.27. The van der Waals surface area contributed by atoms with Gasteiger partial charge in [0, 0.05) is 23.1 Å². The molecule has 0 heterocycles. The predicted octanol–water partition coefficient (Wildman–Crippen LogP) is 2.93. The second kappa shape index (κ2) is 6.84. The summed E-state index contributed by atoms with van der Waals surface area (Å²) in [6.07, 6.45) is 0.896. The van der Waals surface area contributed by atoms with Crippen LogP contribution in [0.5, 0.6) is 0 Å². The summed E-state index contributed by atoms with van der Waals surface area (Å²) in [6.45, 7) is 6.31. The van der Waals surface area contributed by atoms with Crippen LogP contribution in [0.4, 0.5) is 0 Å². The Labute approximate surface area is 124 Å². The Balaban J connectivity index is 3.01. The fourth-order valence-corrected chi connectivity index (χ4v) is 2.87. The van der Waals surface area contributed by atoms with Crippen LogP contribution in [0.25, 0.3) is 0 Å². The summed E-state index contributed by atoms with van der Waals surface area (Å²) in [6, 6.07) is 8.36. The van der Waals surface area contributed by atoms with Crippen molar-refractivity contribution in [1.29, 1.82) is 0 Å². The molecular formula is C15H25BrN2O. The number of hydrogen-bond donors (Lipinski definition) is 2. The van der Waals surface area contributed by atoms with E-state index in [4.69, 9.17) is 5.73 Å². The molecule has 0 spiro atoms. The van der Waals surface area contributed by atoms with E-state index in [0.29, 0.717) is 6.54 Å². The van der Waals surface area contributed by atoms with Crippen molar-refractivity contribution in [2.24, 2.45) is 5.73 Å². The lowest BCUT2D eigenvalue weighted by molar-refractivity contribution is 0.0266. The van der Waals surface area contributed by atoms with Crippen LogP contribution in [0.15, 0.2) is 28.7 Å². The zero-order valence-corrected chi connectivity index (χ0v) is 13.8. The molecule has 1 aromatic rings. The Hall–Kier alpha value is -0.420. The second-order valence-electron chi connectivity index (χ2n) is 5.80. The maximum absolute atomic E-state index is 10.0. The molecule has 19 heavy (non-hydrogen) atoms. The summed E-state index contributed by atoms with van der Waals surface area (Å²) in [5.41, 5.74) is 6.73. The molecule has 2 unspecified atom stereocenters. The van der Waals surface area contributed by atoms with E-state index >= 15 is 0 Å². The minimum absolute atomic E-state index is 0.0432. The van der Waals surface area contributed by atoms with E-state index in [-0.39, 0.29) is 12.1 Å². The quantitative estimate of drug-likeness (QED) is 0.844. The van der Waals surface area contributed by atoms with Gasteiger partial charge in [-0.15, -0.1) is 0 Å². The lowest BCUT2D eigenvalue weighted by Crippen LogP contribution is -2.44. The molecule has 1 rings (SSSR count).